The van der Waals surface area contributed by atoms with E-state index in [4.69, 9.17) is 4.42 Å². The maximum Gasteiger partial charge on any atom is 0.361 e. The summed E-state index contributed by atoms with van der Waals surface area (Å²) in [5.74, 6) is 1.07. The molecule has 0 bridgehead atoms. The number of amides is 2. The second kappa shape index (κ2) is 7.70. The third kappa shape index (κ3) is 4.32. The van der Waals surface area contributed by atoms with Crippen molar-refractivity contribution in [3.8, 4) is 0 Å². The molecule has 3 N–H and O–H groups in total. The highest BCUT2D eigenvalue weighted by Crippen LogP contribution is 2.46. The van der Waals surface area contributed by atoms with Crippen molar-refractivity contribution >= 4 is 23.1 Å². The van der Waals surface area contributed by atoms with E-state index in [1.807, 2.05) is 0 Å². The van der Waals surface area contributed by atoms with Gasteiger partial charge in [-0.05, 0) is 74.5 Å². The molecule has 0 aliphatic heterocycles. The van der Waals surface area contributed by atoms with Crippen LogP contribution in [0.1, 0.15) is 68.2 Å². The first-order valence-corrected chi connectivity index (χ1v) is 11.3. The summed E-state index contributed by atoms with van der Waals surface area (Å²) >= 11 is -1.85. The number of carbonyl (C=O) groups is 1. The Morgan fingerprint density at radius 2 is 2.10 bits per heavy atom. The summed E-state index contributed by atoms with van der Waals surface area (Å²) in [6.45, 7) is 5.45. The highest BCUT2D eigenvalue weighted by Gasteiger charge is 2.33. The molecule has 1 fully saturated rings. The van der Waals surface area contributed by atoms with E-state index in [0.717, 1.165) is 30.5 Å². The van der Waals surface area contributed by atoms with E-state index in [9.17, 15) is 14.5 Å². The summed E-state index contributed by atoms with van der Waals surface area (Å²) in [5.41, 5.74) is 3.94. The monoisotopic (exact) mass is 416 g/mol. The first-order chi connectivity index (χ1) is 13.7. The third-order valence-corrected chi connectivity index (χ3v) is 6.97. The predicted molar refractivity (Wildman–Crippen MR) is 112 cm³/mol. The molecule has 1 aromatic heterocycles. The zero-order valence-electron chi connectivity index (χ0n) is 17.1. The molecule has 2 aromatic rings. The summed E-state index contributed by atoms with van der Waals surface area (Å²) in [5, 5.41) is 13.1. The van der Waals surface area contributed by atoms with Crippen LogP contribution in [-0.4, -0.2) is 15.7 Å². The Bertz CT molecular complexity index is 914. The highest BCUT2D eigenvalue weighted by molar-refractivity contribution is 7.89. The third-order valence-electron chi connectivity index (χ3n) is 6.02. The van der Waals surface area contributed by atoms with Crippen molar-refractivity contribution in [1.82, 2.24) is 4.72 Å². The molecule has 0 radical (unpaired) electrons. The number of nitrogens with one attached hydrogen (secondary N) is 2. The lowest BCUT2D eigenvalue weighted by molar-refractivity contribution is 0.0779. The maximum atomic E-state index is 12.7. The highest BCUT2D eigenvalue weighted by atomic mass is 32.2. The molecule has 1 unspecified atom stereocenters. The van der Waals surface area contributed by atoms with E-state index in [0.29, 0.717) is 17.4 Å². The molecule has 0 spiro atoms. The minimum atomic E-state index is -1.85. The molecule has 0 saturated heterocycles. The molecule has 2 amide bonds. The van der Waals surface area contributed by atoms with Crippen LogP contribution in [0.4, 0.5) is 10.5 Å². The SMILES string of the molecule is C[C@H](c1ccc2c(c1NC(=O)N[S+]([O-])c1cc(C(C)(C)O)co1)CCC2)C1CC1. The molecule has 2 atom stereocenters. The van der Waals surface area contributed by atoms with Crippen LogP contribution >= 0.6 is 0 Å². The molecule has 1 saturated carbocycles. The molecule has 7 heteroatoms. The maximum absolute atomic E-state index is 12.7. The normalized spacial score (nSPS) is 18.2. The Labute approximate surface area is 174 Å². The van der Waals surface area contributed by atoms with E-state index in [1.165, 1.54) is 36.3 Å². The Morgan fingerprint density at radius 3 is 2.76 bits per heavy atom. The van der Waals surface area contributed by atoms with Crippen LogP contribution in [0.15, 0.2) is 34.0 Å². The number of hydrogen-bond donors (Lipinski definition) is 3. The van der Waals surface area contributed by atoms with Crippen LogP contribution in [0.25, 0.3) is 0 Å². The van der Waals surface area contributed by atoms with Crippen LogP contribution in [0.2, 0.25) is 0 Å². The van der Waals surface area contributed by atoms with Gasteiger partial charge in [-0.3, -0.25) is 0 Å². The van der Waals surface area contributed by atoms with Crippen molar-refractivity contribution < 1.29 is 18.9 Å². The smallest absolute Gasteiger partial charge is 0.361 e. The van der Waals surface area contributed by atoms with Gasteiger partial charge in [-0.15, -0.1) is 4.72 Å². The van der Waals surface area contributed by atoms with Crippen LogP contribution in [-0.2, 0) is 29.8 Å². The molecule has 6 nitrogen and oxygen atoms in total. The van der Waals surface area contributed by atoms with Crippen molar-refractivity contribution in [3.63, 3.8) is 0 Å². The summed E-state index contributed by atoms with van der Waals surface area (Å²) in [6, 6.07) is 5.31. The fraction of sp³-hybridized carbons (Fsp3) is 0.500. The van der Waals surface area contributed by atoms with Gasteiger partial charge in [0.1, 0.15) is 17.6 Å². The van der Waals surface area contributed by atoms with Crippen molar-refractivity contribution in [1.29, 1.82) is 0 Å². The summed E-state index contributed by atoms with van der Waals surface area (Å²) in [4.78, 5) is 12.7. The first kappa shape index (κ1) is 20.3. The molecule has 1 heterocycles. The molecular formula is C22H28N2O4S. The van der Waals surface area contributed by atoms with Gasteiger partial charge >= 0.3 is 11.1 Å². The quantitative estimate of drug-likeness (QED) is 0.610. The number of furan rings is 1. The lowest BCUT2D eigenvalue weighted by atomic mass is 9.91. The van der Waals surface area contributed by atoms with Gasteiger partial charge in [-0.1, -0.05) is 19.1 Å². The van der Waals surface area contributed by atoms with Gasteiger partial charge in [0.2, 0.25) is 0 Å². The Kier molecular flexibility index (Phi) is 5.40. The lowest BCUT2D eigenvalue weighted by Gasteiger charge is -2.20. The number of aliphatic hydroxyl groups is 1. The van der Waals surface area contributed by atoms with Crippen LogP contribution < -0.4 is 10.0 Å². The average molecular weight is 417 g/mol. The van der Waals surface area contributed by atoms with E-state index >= 15 is 0 Å². The van der Waals surface area contributed by atoms with E-state index in [2.05, 4.69) is 29.1 Å². The van der Waals surface area contributed by atoms with Gasteiger partial charge in [0.05, 0.1) is 5.60 Å². The number of anilines is 1. The van der Waals surface area contributed by atoms with Gasteiger partial charge in [0.15, 0.2) is 0 Å². The number of aryl methyl sites for hydroxylation is 1. The molecule has 2 aliphatic rings. The van der Waals surface area contributed by atoms with Gasteiger partial charge in [0, 0.05) is 17.3 Å². The Hall–Kier alpha value is -1.96. The molecule has 156 valence electrons. The molecule has 4 rings (SSSR count). The van der Waals surface area contributed by atoms with Crippen molar-refractivity contribution in [3.05, 3.63) is 46.7 Å². The fourth-order valence-electron chi connectivity index (χ4n) is 4.07. The zero-order valence-corrected chi connectivity index (χ0v) is 17.9. The largest absolute Gasteiger partial charge is 0.585 e. The Balaban J connectivity index is 1.51. The first-order valence-electron chi connectivity index (χ1n) is 10.2. The van der Waals surface area contributed by atoms with Crippen molar-refractivity contribution in [2.45, 2.75) is 69.5 Å². The molecule has 1 aromatic carbocycles. The number of benzene rings is 1. The average Bonchev–Trinajstić information content (AvgIpc) is 3.17. The minimum absolute atomic E-state index is 0.0992. The van der Waals surface area contributed by atoms with Crippen LogP contribution in [0.5, 0.6) is 0 Å². The molecule has 2 aliphatic carbocycles. The van der Waals surface area contributed by atoms with Crippen LogP contribution in [0.3, 0.4) is 0 Å². The number of rotatable bonds is 6. The summed E-state index contributed by atoms with van der Waals surface area (Å²) in [6.07, 6.45) is 6.89. The van der Waals surface area contributed by atoms with Gasteiger partial charge < -0.3 is 19.4 Å². The van der Waals surface area contributed by atoms with Crippen molar-refractivity contribution in [2.75, 3.05) is 5.32 Å². The predicted octanol–water partition coefficient (Wildman–Crippen LogP) is 4.35. The van der Waals surface area contributed by atoms with Crippen molar-refractivity contribution in [2.24, 2.45) is 5.92 Å². The fourth-order valence-corrected chi connectivity index (χ4v) is 4.76. The second-order valence-electron chi connectivity index (χ2n) is 8.69. The number of carbonyl (C=O) groups excluding carboxylic acids is 1. The van der Waals surface area contributed by atoms with Gasteiger partial charge in [0.25, 0.3) is 0 Å². The minimum Gasteiger partial charge on any atom is -0.585 e. The lowest BCUT2D eigenvalue weighted by Crippen LogP contribution is -2.35. The topological polar surface area (TPSA) is 97.6 Å². The van der Waals surface area contributed by atoms with Crippen LogP contribution in [0, 0.1) is 5.92 Å². The van der Waals surface area contributed by atoms with Gasteiger partial charge in [-0.2, -0.15) is 0 Å². The zero-order chi connectivity index (χ0) is 20.8. The molecule has 29 heavy (non-hydrogen) atoms. The summed E-state index contributed by atoms with van der Waals surface area (Å²) < 4.78 is 20.3. The Morgan fingerprint density at radius 1 is 1.34 bits per heavy atom. The number of hydrogen-bond acceptors (Lipinski definition) is 4. The standard InChI is InChI=1S/C22H28N2O4S/c1-13(14-7-8-14)17-10-9-15-5-4-6-18(15)20(17)23-21(25)24-29(27)19-11-16(12-28-19)22(2,3)26/h9-14,26H,4-8H2,1-3H3,(H2,23,24,25)/t13-,29?/m0/s1. The summed E-state index contributed by atoms with van der Waals surface area (Å²) in [7, 11) is 0. The number of fused-ring (bicyclic) bond motifs is 1. The van der Waals surface area contributed by atoms with E-state index < -0.39 is 23.0 Å². The van der Waals surface area contributed by atoms with E-state index in [1.54, 1.807) is 13.8 Å². The van der Waals surface area contributed by atoms with E-state index in [-0.39, 0.29) is 5.09 Å². The second-order valence-corrected chi connectivity index (χ2v) is 9.83. The number of urea groups is 1. The molecular weight excluding hydrogens is 388 g/mol. The van der Waals surface area contributed by atoms with Gasteiger partial charge in [-0.25, -0.2) is 4.79 Å².